The first kappa shape index (κ1) is 22.2. The number of carbonyl (C=O) groups is 1. The van der Waals surface area contributed by atoms with Crippen LogP contribution in [0.2, 0.25) is 0 Å². The van der Waals surface area contributed by atoms with E-state index < -0.39 is 0 Å². The molecule has 0 unspecified atom stereocenters. The Morgan fingerprint density at radius 1 is 0.633 bits per heavy atom. The van der Waals surface area contributed by atoms with Gasteiger partial charge in [-0.2, -0.15) is 0 Å². The lowest BCUT2D eigenvalue weighted by molar-refractivity contribution is -0.110. The molecule has 0 atom stereocenters. The molecule has 0 aliphatic carbocycles. The molecule has 0 aromatic heterocycles. The Labute approximate surface area is 196 Å². The highest BCUT2D eigenvalue weighted by molar-refractivity contribution is 8.25. The lowest BCUT2D eigenvalue weighted by atomic mass is 9.87. The topological polar surface area (TPSA) is 17.1 Å². The maximum absolute atomic E-state index is 12.7. The average Bonchev–Trinajstić information content (AvgIpc) is 3.20. The SMILES string of the molecule is CC(C)(C)c1ccc2c(c1)S/C(=C\C(=O)/C=C1/Sc3ccc(C(C)(C)C)cc3S1)S2. The van der Waals surface area contributed by atoms with Crippen LogP contribution in [0.3, 0.4) is 0 Å². The van der Waals surface area contributed by atoms with Crippen molar-refractivity contribution in [1.82, 2.24) is 0 Å². The summed E-state index contributed by atoms with van der Waals surface area (Å²) in [6, 6.07) is 13.3. The fourth-order valence-electron chi connectivity index (χ4n) is 3.14. The Morgan fingerprint density at radius 3 is 1.37 bits per heavy atom. The second-order valence-electron chi connectivity index (χ2n) is 9.56. The lowest BCUT2D eigenvalue weighted by Crippen LogP contribution is -2.10. The quantitative estimate of drug-likeness (QED) is 0.407. The number of benzene rings is 2. The summed E-state index contributed by atoms with van der Waals surface area (Å²) in [5.74, 6) is 0.0627. The number of thioether (sulfide) groups is 4. The van der Waals surface area contributed by atoms with E-state index in [0.29, 0.717) is 0 Å². The minimum absolute atomic E-state index is 0.0627. The van der Waals surface area contributed by atoms with Crippen LogP contribution < -0.4 is 0 Å². The Kier molecular flexibility index (Phi) is 6.04. The van der Waals surface area contributed by atoms with Crippen molar-refractivity contribution in [3.05, 3.63) is 68.2 Å². The molecular formula is C25H26OS4. The molecule has 156 valence electrons. The van der Waals surface area contributed by atoms with Crippen LogP contribution in [-0.2, 0) is 15.6 Å². The number of fused-ring (bicyclic) bond motifs is 2. The summed E-state index contributed by atoms with van der Waals surface area (Å²) >= 11 is 6.80. The number of hydrogen-bond donors (Lipinski definition) is 0. The van der Waals surface area contributed by atoms with Gasteiger partial charge in [0, 0.05) is 31.7 Å². The largest absolute Gasteiger partial charge is 0.290 e. The van der Waals surface area contributed by atoms with Gasteiger partial charge in [-0.15, -0.1) is 0 Å². The van der Waals surface area contributed by atoms with E-state index in [9.17, 15) is 4.79 Å². The van der Waals surface area contributed by atoms with Gasteiger partial charge in [0.15, 0.2) is 5.78 Å². The molecule has 4 rings (SSSR count). The molecule has 30 heavy (non-hydrogen) atoms. The second-order valence-corrected chi connectivity index (χ2v) is 14.4. The van der Waals surface area contributed by atoms with Gasteiger partial charge in [0.2, 0.25) is 0 Å². The first-order chi connectivity index (χ1) is 14.0. The van der Waals surface area contributed by atoms with Gasteiger partial charge in [0.05, 0.1) is 8.47 Å². The highest BCUT2D eigenvalue weighted by Gasteiger charge is 2.24. The molecule has 0 radical (unpaired) electrons. The minimum Gasteiger partial charge on any atom is -0.290 e. The number of hydrogen-bond acceptors (Lipinski definition) is 5. The highest BCUT2D eigenvalue weighted by Crippen LogP contribution is 2.53. The summed E-state index contributed by atoms with van der Waals surface area (Å²) in [5.41, 5.74) is 2.92. The van der Waals surface area contributed by atoms with E-state index in [4.69, 9.17) is 0 Å². The first-order valence-electron chi connectivity index (χ1n) is 9.97. The fraction of sp³-hybridized carbons (Fsp3) is 0.320. The van der Waals surface area contributed by atoms with Gasteiger partial charge < -0.3 is 0 Å². The number of allylic oxidation sites excluding steroid dienone is 2. The highest BCUT2D eigenvalue weighted by atomic mass is 32.2. The van der Waals surface area contributed by atoms with Crippen molar-refractivity contribution in [3.63, 3.8) is 0 Å². The van der Waals surface area contributed by atoms with Gasteiger partial charge in [-0.05, 0) is 46.2 Å². The zero-order chi connectivity index (χ0) is 21.7. The second kappa shape index (κ2) is 8.16. The Bertz CT molecular complexity index is 996. The molecule has 0 amide bonds. The average molecular weight is 471 g/mol. The predicted molar refractivity (Wildman–Crippen MR) is 135 cm³/mol. The third kappa shape index (κ3) is 4.90. The van der Waals surface area contributed by atoms with Crippen molar-refractivity contribution in [2.75, 3.05) is 0 Å². The number of carbonyl (C=O) groups excluding carboxylic acids is 1. The van der Waals surface area contributed by atoms with Crippen molar-refractivity contribution in [3.8, 4) is 0 Å². The molecule has 0 saturated carbocycles. The van der Waals surface area contributed by atoms with E-state index in [1.807, 2.05) is 0 Å². The molecule has 0 spiro atoms. The standard InChI is InChI=1S/C25H26OS4/c1-24(2,3)15-7-9-18-20(11-15)29-22(27-18)13-17(26)14-23-28-19-10-8-16(25(4,5)6)12-21(19)30-23/h7-14H,1-6H3/b22-13-,23-14-. The lowest BCUT2D eigenvalue weighted by Gasteiger charge is -2.19. The van der Waals surface area contributed by atoms with E-state index in [1.54, 1.807) is 59.2 Å². The van der Waals surface area contributed by atoms with E-state index in [1.165, 1.54) is 30.7 Å². The summed E-state index contributed by atoms with van der Waals surface area (Å²) < 4.78 is 2.11. The third-order valence-corrected chi connectivity index (χ3v) is 9.78. The van der Waals surface area contributed by atoms with E-state index >= 15 is 0 Å². The molecule has 0 saturated heterocycles. The van der Waals surface area contributed by atoms with E-state index in [-0.39, 0.29) is 16.6 Å². The summed E-state index contributed by atoms with van der Waals surface area (Å²) in [4.78, 5) is 17.7. The molecular weight excluding hydrogens is 445 g/mol. The molecule has 2 heterocycles. The first-order valence-corrected chi connectivity index (χ1v) is 13.2. The Balaban J connectivity index is 1.47. The smallest absolute Gasteiger partial charge is 0.181 e. The van der Waals surface area contributed by atoms with Crippen LogP contribution in [-0.4, -0.2) is 5.78 Å². The van der Waals surface area contributed by atoms with Gasteiger partial charge in [-0.25, -0.2) is 0 Å². The number of ketones is 1. The maximum Gasteiger partial charge on any atom is 0.181 e. The van der Waals surface area contributed by atoms with Gasteiger partial charge in [0.1, 0.15) is 0 Å². The monoisotopic (exact) mass is 470 g/mol. The molecule has 2 aliphatic heterocycles. The predicted octanol–water partition coefficient (Wildman–Crippen LogP) is 8.63. The van der Waals surface area contributed by atoms with Crippen molar-refractivity contribution < 1.29 is 4.79 Å². The van der Waals surface area contributed by atoms with Crippen molar-refractivity contribution >= 4 is 52.8 Å². The molecule has 1 nitrogen and oxygen atoms in total. The summed E-state index contributed by atoms with van der Waals surface area (Å²) in [5, 5.41) is 0. The van der Waals surface area contributed by atoms with E-state index in [2.05, 4.69) is 77.9 Å². The Morgan fingerprint density at radius 2 is 1.00 bits per heavy atom. The molecule has 0 N–H and O–H groups in total. The molecule has 5 heteroatoms. The summed E-state index contributed by atoms with van der Waals surface area (Å²) in [6.45, 7) is 13.4. The zero-order valence-electron chi connectivity index (χ0n) is 18.2. The van der Waals surface area contributed by atoms with Crippen LogP contribution >= 0.6 is 47.0 Å². The summed E-state index contributed by atoms with van der Waals surface area (Å²) in [6.07, 6.45) is 3.56. The van der Waals surface area contributed by atoms with Crippen molar-refractivity contribution in [2.24, 2.45) is 0 Å². The molecule has 2 aromatic rings. The molecule has 2 aliphatic rings. The van der Waals surface area contributed by atoms with Crippen LogP contribution in [0.25, 0.3) is 0 Å². The minimum atomic E-state index is 0.0627. The third-order valence-electron chi connectivity index (χ3n) is 4.98. The number of rotatable bonds is 2. The molecule has 0 bridgehead atoms. The van der Waals surface area contributed by atoms with Gasteiger partial charge in [0.25, 0.3) is 0 Å². The van der Waals surface area contributed by atoms with Gasteiger partial charge >= 0.3 is 0 Å². The van der Waals surface area contributed by atoms with Gasteiger partial charge in [-0.3, -0.25) is 4.79 Å². The molecule has 0 fully saturated rings. The summed E-state index contributed by atoms with van der Waals surface area (Å²) in [7, 11) is 0. The Hall–Kier alpha value is -1.01. The fourth-order valence-corrected chi connectivity index (χ4v) is 7.92. The van der Waals surface area contributed by atoms with E-state index in [0.717, 1.165) is 8.47 Å². The van der Waals surface area contributed by atoms with Crippen LogP contribution in [0.5, 0.6) is 0 Å². The van der Waals surface area contributed by atoms with Crippen LogP contribution in [0.4, 0.5) is 0 Å². The molecule has 2 aromatic carbocycles. The van der Waals surface area contributed by atoms with Gasteiger partial charge in [-0.1, -0.05) is 101 Å². The van der Waals surface area contributed by atoms with Crippen molar-refractivity contribution in [1.29, 1.82) is 0 Å². The van der Waals surface area contributed by atoms with Crippen LogP contribution in [0, 0.1) is 0 Å². The normalized spacial score (nSPS) is 18.7. The van der Waals surface area contributed by atoms with Crippen molar-refractivity contribution in [2.45, 2.75) is 72.0 Å². The zero-order valence-corrected chi connectivity index (χ0v) is 21.4. The van der Waals surface area contributed by atoms with Crippen LogP contribution in [0.15, 0.2) is 76.6 Å². The van der Waals surface area contributed by atoms with Crippen LogP contribution in [0.1, 0.15) is 52.7 Å². The maximum atomic E-state index is 12.7.